The third-order valence-corrected chi connectivity index (χ3v) is 1.95. The molecule has 1 rings (SSSR count). The highest BCUT2D eigenvalue weighted by atomic mass is 19.4. The second kappa shape index (κ2) is 4.70. The third-order valence-electron chi connectivity index (χ3n) is 1.95. The Morgan fingerprint density at radius 2 is 1.50 bits per heavy atom. The molecule has 101 valence electrons. The zero-order valence-electron chi connectivity index (χ0n) is 9.41. The molecule has 1 unspecified atom stereocenters. The van der Waals surface area contributed by atoms with Crippen LogP contribution in [0.5, 0.6) is 5.75 Å². The summed E-state index contributed by atoms with van der Waals surface area (Å²) in [6.07, 6.45) is -15.0. The largest absolute Gasteiger partial charge is 0.439 e. The van der Waals surface area contributed by atoms with Crippen LogP contribution in [0.2, 0.25) is 0 Å². The fourth-order valence-electron chi connectivity index (χ4n) is 1.31. The van der Waals surface area contributed by atoms with Gasteiger partial charge in [0.2, 0.25) is 0 Å². The van der Waals surface area contributed by atoms with Crippen LogP contribution >= 0.6 is 0 Å². The third kappa shape index (κ3) is 3.54. The van der Waals surface area contributed by atoms with E-state index in [0.717, 1.165) is 12.1 Å². The molecule has 1 atom stereocenters. The first kappa shape index (κ1) is 14.7. The molecule has 1 radical (unpaired) electrons. The molecule has 0 saturated heterocycles. The standard InChI is InChI=1S/C11H9F6O/c1-6-3-7(2)5-8(4-6)18-11(16,17)9(12)10(13,14)15/h4-5,9H,1-2H3. The molecular weight excluding hydrogens is 262 g/mol. The number of halogens is 6. The minimum atomic E-state index is -5.69. The topological polar surface area (TPSA) is 9.23 Å². The van der Waals surface area contributed by atoms with Gasteiger partial charge in [-0.25, -0.2) is 4.39 Å². The van der Waals surface area contributed by atoms with Gasteiger partial charge in [0.15, 0.2) is 0 Å². The van der Waals surface area contributed by atoms with Gasteiger partial charge < -0.3 is 4.74 Å². The molecule has 0 heterocycles. The fraction of sp³-hybridized carbons (Fsp3) is 0.455. The van der Waals surface area contributed by atoms with Crippen LogP contribution in [0.1, 0.15) is 11.1 Å². The number of benzene rings is 1. The van der Waals surface area contributed by atoms with E-state index in [1.165, 1.54) is 13.8 Å². The van der Waals surface area contributed by atoms with Gasteiger partial charge in [-0.3, -0.25) is 0 Å². The van der Waals surface area contributed by atoms with Crippen LogP contribution in [-0.2, 0) is 0 Å². The van der Waals surface area contributed by atoms with E-state index >= 15 is 0 Å². The van der Waals surface area contributed by atoms with Crippen LogP contribution < -0.4 is 4.74 Å². The predicted molar refractivity (Wildman–Crippen MR) is 51.3 cm³/mol. The molecule has 7 heteroatoms. The van der Waals surface area contributed by atoms with Crippen molar-refractivity contribution in [2.75, 3.05) is 0 Å². The second-order valence-corrected chi connectivity index (χ2v) is 3.75. The fourth-order valence-corrected chi connectivity index (χ4v) is 1.31. The maximum atomic E-state index is 12.9. The maximum Gasteiger partial charge on any atom is 0.439 e. The van der Waals surface area contributed by atoms with E-state index in [1.807, 2.05) is 0 Å². The minimum absolute atomic E-state index is 0.392. The molecule has 0 aromatic heterocycles. The molecular formula is C11H9F6O. The Kier molecular flexibility index (Phi) is 3.83. The predicted octanol–water partition coefficient (Wildman–Crippen LogP) is 3.98. The smallest absolute Gasteiger partial charge is 0.430 e. The van der Waals surface area contributed by atoms with Crippen LogP contribution in [0.15, 0.2) is 12.1 Å². The van der Waals surface area contributed by atoms with Crippen molar-refractivity contribution in [1.82, 2.24) is 0 Å². The lowest BCUT2D eigenvalue weighted by Gasteiger charge is -2.23. The van der Waals surface area contributed by atoms with Crippen molar-refractivity contribution in [3.8, 4) is 5.75 Å². The number of alkyl halides is 6. The molecule has 1 aromatic rings. The van der Waals surface area contributed by atoms with E-state index < -0.39 is 24.2 Å². The van der Waals surface area contributed by atoms with E-state index in [2.05, 4.69) is 10.8 Å². The van der Waals surface area contributed by atoms with Gasteiger partial charge in [-0.1, -0.05) is 0 Å². The first-order chi connectivity index (χ1) is 8.02. The van der Waals surface area contributed by atoms with Crippen molar-refractivity contribution >= 4 is 0 Å². The zero-order valence-corrected chi connectivity index (χ0v) is 9.41. The van der Waals surface area contributed by atoms with Crippen LogP contribution in [0.4, 0.5) is 26.3 Å². The summed E-state index contributed by atoms with van der Waals surface area (Å²) in [5, 5.41) is 0. The van der Waals surface area contributed by atoms with Crippen LogP contribution in [0.25, 0.3) is 0 Å². The molecule has 0 spiro atoms. The molecule has 0 amide bonds. The normalized spacial score (nSPS) is 14.4. The van der Waals surface area contributed by atoms with Crippen LogP contribution in [-0.4, -0.2) is 18.5 Å². The van der Waals surface area contributed by atoms with Crippen molar-refractivity contribution in [3.05, 3.63) is 29.3 Å². The van der Waals surface area contributed by atoms with Gasteiger partial charge in [0.1, 0.15) is 5.75 Å². The summed E-state index contributed by atoms with van der Waals surface area (Å²) < 4.78 is 77.8. The van der Waals surface area contributed by atoms with Crippen molar-refractivity contribution < 1.29 is 31.1 Å². The molecule has 0 N–H and O–H groups in total. The maximum absolute atomic E-state index is 12.9. The highest BCUT2D eigenvalue weighted by Crippen LogP contribution is 2.36. The summed E-state index contributed by atoms with van der Waals surface area (Å²) in [6.45, 7) is 2.99. The van der Waals surface area contributed by atoms with Gasteiger partial charge in [-0.05, 0) is 43.2 Å². The van der Waals surface area contributed by atoms with Crippen molar-refractivity contribution in [3.63, 3.8) is 0 Å². The number of rotatable bonds is 3. The van der Waals surface area contributed by atoms with Gasteiger partial charge in [0.25, 0.3) is 6.17 Å². The number of aryl methyl sites for hydroxylation is 2. The Hall–Kier alpha value is -1.40. The van der Waals surface area contributed by atoms with Crippen molar-refractivity contribution in [1.29, 1.82) is 0 Å². The number of hydrogen-bond donors (Lipinski definition) is 0. The average Bonchev–Trinajstić information content (AvgIpc) is 2.12. The van der Waals surface area contributed by atoms with Crippen molar-refractivity contribution in [2.24, 2.45) is 0 Å². The van der Waals surface area contributed by atoms with E-state index in [1.54, 1.807) is 0 Å². The van der Waals surface area contributed by atoms with Crippen molar-refractivity contribution in [2.45, 2.75) is 32.3 Å². The van der Waals surface area contributed by atoms with Gasteiger partial charge in [0.05, 0.1) is 0 Å². The van der Waals surface area contributed by atoms with Gasteiger partial charge in [0, 0.05) is 0 Å². The summed E-state index contributed by atoms with van der Waals surface area (Å²) in [5.74, 6) is -0.541. The van der Waals surface area contributed by atoms with Crippen LogP contribution in [0, 0.1) is 19.9 Å². The molecule has 0 aliphatic rings. The Labute approximate surface area is 99.4 Å². The summed E-state index contributed by atoms with van der Waals surface area (Å²) in [7, 11) is 0. The highest BCUT2D eigenvalue weighted by molar-refractivity contribution is 5.32. The number of ether oxygens (including phenoxy) is 1. The lowest BCUT2D eigenvalue weighted by molar-refractivity contribution is -0.304. The Morgan fingerprint density at radius 1 is 1.06 bits per heavy atom. The summed E-state index contributed by atoms with van der Waals surface area (Å²) in [5.41, 5.74) is 0.784. The lowest BCUT2D eigenvalue weighted by atomic mass is 10.1. The first-order valence-electron chi connectivity index (χ1n) is 4.80. The summed E-state index contributed by atoms with van der Waals surface area (Å²) in [4.78, 5) is 0. The summed E-state index contributed by atoms with van der Waals surface area (Å²) in [6, 6.07) is 4.81. The van der Waals surface area contributed by atoms with Crippen LogP contribution in [0.3, 0.4) is 0 Å². The molecule has 0 saturated carbocycles. The minimum Gasteiger partial charge on any atom is -0.430 e. The average molecular weight is 271 g/mol. The first-order valence-corrected chi connectivity index (χ1v) is 4.80. The van der Waals surface area contributed by atoms with Gasteiger partial charge in [-0.15, -0.1) is 0 Å². The molecule has 0 aliphatic heterocycles. The van der Waals surface area contributed by atoms with Gasteiger partial charge in [-0.2, -0.15) is 22.0 Å². The Bertz CT molecular complexity index is 406. The molecule has 1 nitrogen and oxygen atoms in total. The molecule has 0 bridgehead atoms. The molecule has 18 heavy (non-hydrogen) atoms. The van der Waals surface area contributed by atoms with E-state index in [0.29, 0.717) is 11.1 Å². The second-order valence-electron chi connectivity index (χ2n) is 3.75. The molecule has 0 aliphatic carbocycles. The Morgan fingerprint density at radius 3 is 1.89 bits per heavy atom. The molecule has 0 fully saturated rings. The molecule has 1 aromatic carbocycles. The monoisotopic (exact) mass is 271 g/mol. The quantitative estimate of drug-likeness (QED) is 0.756. The van der Waals surface area contributed by atoms with E-state index in [9.17, 15) is 26.3 Å². The summed E-state index contributed by atoms with van der Waals surface area (Å²) >= 11 is 0. The van der Waals surface area contributed by atoms with E-state index in [-0.39, 0.29) is 0 Å². The SMILES string of the molecule is Cc1[c]c(C)cc(OC(F)(F)C(F)C(F)(F)F)c1. The lowest BCUT2D eigenvalue weighted by Crippen LogP contribution is -2.45. The highest BCUT2D eigenvalue weighted by Gasteiger charge is 2.59. The van der Waals surface area contributed by atoms with E-state index in [4.69, 9.17) is 0 Å². The Balaban J connectivity index is 2.95. The number of hydrogen-bond acceptors (Lipinski definition) is 1. The zero-order chi connectivity index (χ0) is 14.1. The van der Waals surface area contributed by atoms with Gasteiger partial charge >= 0.3 is 12.3 Å².